The van der Waals surface area contributed by atoms with Crippen LogP contribution < -0.4 is 16.2 Å². The second kappa shape index (κ2) is 4.88. The Bertz CT molecular complexity index is 453. The third-order valence-electron chi connectivity index (χ3n) is 1.98. The highest BCUT2D eigenvalue weighted by Gasteiger charge is 2.32. The molecule has 0 amide bonds. The Labute approximate surface area is 94.8 Å². The Kier molecular flexibility index (Phi) is 3.75. The van der Waals surface area contributed by atoms with Crippen molar-refractivity contribution in [1.82, 2.24) is 4.98 Å². The maximum absolute atomic E-state index is 12.1. The summed E-state index contributed by atoms with van der Waals surface area (Å²) in [4.78, 5) is 3.54. The molecule has 0 aliphatic rings. The largest absolute Gasteiger partial charge is 0.573 e. The highest BCUT2D eigenvalue weighted by atomic mass is 19.4. The molecule has 0 saturated carbocycles. The minimum absolute atomic E-state index is 0.0264. The maximum atomic E-state index is 12.1. The van der Waals surface area contributed by atoms with E-state index in [1.807, 2.05) is 0 Å². The van der Waals surface area contributed by atoms with Crippen LogP contribution in [0.3, 0.4) is 0 Å². The van der Waals surface area contributed by atoms with Gasteiger partial charge in [0, 0.05) is 17.7 Å². The summed E-state index contributed by atoms with van der Waals surface area (Å²) in [6, 6.07) is 1.78. The molecule has 92 valence electrons. The van der Waals surface area contributed by atoms with Crippen LogP contribution in [-0.4, -0.2) is 11.3 Å². The van der Waals surface area contributed by atoms with Crippen LogP contribution in [0.4, 0.5) is 19.0 Å². The molecule has 17 heavy (non-hydrogen) atoms. The summed E-state index contributed by atoms with van der Waals surface area (Å²) in [6.07, 6.45) is -4.18. The van der Waals surface area contributed by atoms with Gasteiger partial charge in [-0.3, -0.25) is 0 Å². The van der Waals surface area contributed by atoms with Crippen LogP contribution in [0, 0.1) is 11.3 Å². The first-order chi connectivity index (χ1) is 7.89. The van der Waals surface area contributed by atoms with E-state index in [1.165, 1.54) is 0 Å². The zero-order chi connectivity index (χ0) is 13.1. The van der Waals surface area contributed by atoms with Gasteiger partial charge in [-0.25, -0.2) is 4.98 Å². The minimum Gasteiger partial charge on any atom is -0.404 e. The molecule has 8 heteroatoms. The molecular formula is C9H9F3N4O. The van der Waals surface area contributed by atoms with E-state index in [-0.39, 0.29) is 29.9 Å². The predicted octanol–water partition coefficient (Wildman–Crippen LogP) is 1.09. The van der Waals surface area contributed by atoms with Gasteiger partial charge in [0.25, 0.3) is 0 Å². The zero-order valence-corrected chi connectivity index (χ0v) is 8.58. The van der Waals surface area contributed by atoms with Crippen molar-refractivity contribution in [3.8, 4) is 11.8 Å². The van der Waals surface area contributed by atoms with Crippen LogP contribution in [0.15, 0.2) is 6.20 Å². The molecule has 0 aromatic carbocycles. The summed E-state index contributed by atoms with van der Waals surface area (Å²) in [5, 5.41) is 8.55. The molecule has 1 aromatic rings. The van der Waals surface area contributed by atoms with Gasteiger partial charge >= 0.3 is 6.36 Å². The van der Waals surface area contributed by atoms with Gasteiger partial charge in [0.15, 0.2) is 5.75 Å². The van der Waals surface area contributed by atoms with E-state index in [2.05, 4.69) is 9.72 Å². The number of alkyl halides is 3. The average Bonchev–Trinajstić information content (AvgIpc) is 2.21. The number of nitriles is 1. The first kappa shape index (κ1) is 13.1. The molecule has 0 radical (unpaired) electrons. The van der Waals surface area contributed by atoms with Crippen molar-refractivity contribution in [2.75, 3.05) is 5.73 Å². The van der Waals surface area contributed by atoms with Gasteiger partial charge < -0.3 is 16.2 Å². The smallest absolute Gasteiger partial charge is 0.404 e. The van der Waals surface area contributed by atoms with Gasteiger partial charge in [0.2, 0.25) is 0 Å². The second-order valence-corrected chi connectivity index (χ2v) is 3.05. The Hall–Kier alpha value is -2.01. The topological polar surface area (TPSA) is 98.0 Å². The van der Waals surface area contributed by atoms with E-state index in [9.17, 15) is 13.2 Å². The van der Waals surface area contributed by atoms with Crippen molar-refractivity contribution in [2.24, 2.45) is 5.73 Å². The number of pyridine rings is 1. The van der Waals surface area contributed by atoms with E-state index >= 15 is 0 Å². The third kappa shape index (κ3) is 3.22. The molecule has 0 aliphatic heterocycles. The Morgan fingerprint density at radius 2 is 2.06 bits per heavy atom. The lowest BCUT2D eigenvalue weighted by molar-refractivity contribution is -0.275. The first-order valence-electron chi connectivity index (χ1n) is 4.48. The summed E-state index contributed by atoms with van der Waals surface area (Å²) in [5.41, 5.74) is 11.0. The van der Waals surface area contributed by atoms with E-state index < -0.39 is 12.1 Å². The summed E-state index contributed by atoms with van der Waals surface area (Å²) in [7, 11) is 0. The van der Waals surface area contributed by atoms with E-state index in [4.69, 9.17) is 16.7 Å². The number of ether oxygens (including phenoxy) is 1. The normalized spacial score (nSPS) is 11.0. The summed E-state index contributed by atoms with van der Waals surface area (Å²) >= 11 is 0. The molecule has 1 aromatic heterocycles. The minimum atomic E-state index is -4.84. The number of nitrogens with zero attached hydrogens (tertiary/aromatic N) is 2. The van der Waals surface area contributed by atoms with Crippen molar-refractivity contribution in [3.63, 3.8) is 0 Å². The van der Waals surface area contributed by atoms with Gasteiger partial charge in [0.05, 0.1) is 18.7 Å². The molecule has 0 fully saturated rings. The molecule has 1 rings (SSSR count). The monoisotopic (exact) mass is 246 g/mol. The molecular weight excluding hydrogens is 237 g/mol. The molecule has 0 bridgehead atoms. The van der Waals surface area contributed by atoms with Crippen molar-refractivity contribution >= 4 is 5.82 Å². The Balaban J connectivity index is 3.24. The molecule has 0 spiro atoms. The van der Waals surface area contributed by atoms with E-state index in [0.717, 1.165) is 6.20 Å². The van der Waals surface area contributed by atoms with Crippen LogP contribution in [0.5, 0.6) is 5.75 Å². The number of anilines is 1. The van der Waals surface area contributed by atoms with Crippen molar-refractivity contribution in [2.45, 2.75) is 19.3 Å². The zero-order valence-electron chi connectivity index (χ0n) is 8.58. The number of nitrogens with two attached hydrogens (primary N) is 2. The van der Waals surface area contributed by atoms with Crippen LogP contribution in [0.25, 0.3) is 0 Å². The molecule has 1 heterocycles. The summed E-state index contributed by atoms with van der Waals surface area (Å²) in [5.74, 6) is -0.555. The number of hydrogen-bond donors (Lipinski definition) is 2. The lowest BCUT2D eigenvalue weighted by Crippen LogP contribution is -2.20. The highest BCUT2D eigenvalue weighted by Crippen LogP contribution is 2.30. The van der Waals surface area contributed by atoms with Gasteiger partial charge in [-0.2, -0.15) is 5.26 Å². The highest BCUT2D eigenvalue weighted by molar-refractivity contribution is 5.51. The molecule has 0 aliphatic carbocycles. The standard InChI is InChI=1S/C9H9F3N4O/c10-9(11,12)17-7-4-16-8(15)5(1-2-13)6(7)3-14/h4H,1,3,14H2,(H2,15,16). The van der Waals surface area contributed by atoms with Gasteiger partial charge in [-0.15, -0.1) is 13.2 Å². The lowest BCUT2D eigenvalue weighted by Gasteiger charge is -2.15. The molecule has 0 atom stereocenters. The van der Waals surface area contributed by atoms with Crippen LogP contribution in [0.2, 0.25) is 0 Å². The summed E-state index contributed by atoms with van der Waals surface area (Å²) in [6.45, 7) is -0.227. The number of halogens is 3. The average molecular weight is 246 g/mol. The van der Waals surface area contributed by atoms with E-state index in [1.54, 1.807) is 6.07 Å². The fourth-order valence-corrected chi connectivity index (χ4v) is 1.30. The molecule has 0 unspecified atom stereocenters. The van der Waals surface area contributed by atoms with Crippen molar-refractivity contribution in [3.05, 3.63) is 17.3 Å². The number of rotatable bonds is 3. The van der Waals surface area contributed by atoms with Crippen molar-refractivity contribution in [1.29, 1.82) is 5.26 Å². The molecule has 5 nitrogen and oxygen atoms in total. The lowest BCUT2D eigenvalue weighted by atomic mass is 10.1. The maximum Gasteiger partial charge on any atom is 0.573 e. The number of hydrogen-bond acceptors (Lipinski definition) is 5. The van der Waals surface area contributed by atoms with Crippen molar-refractivity contribution < 1.29 is 17.9 Å². The predicted molar refractivity (Wildman–Crippen MR) is 52.5 cm³/mol. The molecule has 0 saturated heterocycles. The fourth-order valence-electron chi connectivity index (χ4n) is 1.30. The first-order valence-corrected chi connectivity index (χ1v) is 4.48. The fraction of sp³-hybridized carbons (Fsp3) is 0.333. The number of nitrogen functional groups attached to an aromatic ring is 1. The quantitative estimate of drug-likeness (QED) is 0.831. The van der Waals surface area contributed by atoms with Crippen LogP contribution >= 0.6 is 0 Å². The van der Waals surface area contributed by atoms with Gasteiger partial charge in [0.1, 0.15) is 5.82 Å². The SMILES string of the molecule is N#CCc1c(N)ncc(OC(F)(F)F)c1CN. The Morgan fingerprint density at radius 3 is 2.53 bits per heavy atom. The van der Waals surface area contributed by atoms with Gasteiger partial charge in [-0.1, -0.05) is 0 Å². The number of aromatic nitrogens is 1. The van der Waals surface area contributed by atoms with Crippen LogP contribution in [0.1, 0.15) is 11.1 Å². The van der Waals surface area contributed by atoms with Crippen LogP contribution in [-0.2, 0) is 13.0 Å². The summed E-state index contributed by atoms with van der Waals surface area (Å²) < 4.78 is 40.0. The van der Waals surface area contributed by atoms with Gasteiger partial charge in [-0.05, 0) is 0 Å². The van der Waals surface area contributed by atoms with E-state index in [0.29, 0.717) is 0 Å². The molecule has 4 N–H and O–H groups in total. The Morgan fingerprint density at radius 1 is 1.41 bits per heavy atom. The second-order valence-electron chi connectivity index (χ2n) is 3.05. The third-order valence-corrected chi connectivity index (χ3v) is 1.98.